The van der Waals surface area contributed by atoms with Crippen LogP contribution in [0.25, 0.3) is 11.1 Å². The summed E-state index contributed by atoms with van der Waals surface area (Å²) < 4.78 is 4.62. The van der Waals surface area contributed by atoms with Crippen LogP contribution in [0, 0.1) is 17.2 Å². The zero-order chi connectivity index (χ0) is 15.1. The van der Waals surface area contributed by atoms with Crippen molar-refractivity contribution in [2.24, 2.45) is 5.92 Å². The maximum atomic E-state index is 8.84. The van der Waals surface area contributed by atoms with Crippen molar-refractivity contribution >= 4 is 23.5 Å². The minimum atomic E-state index is 0.452. The van der Waals surface area contributed by atoms with Crippen LogP contribution in [0.3, 0.4) is 0 Å². The Balaban J connectivity index is 1.65. The zero-order valence-electron chi connectivity index (χ0n) is 12.4. The normalized spacial score (nSPS) is 16.5. The molecular formula is C17H16N4S. The SMILES string of the molecule is CN1SN(CC2CC2)c2ccc(-c3ccc(C#N)nc3)cc21. The number of rotatable bonds is 3. The van der Waals surface area contributed by atoms with Crippen molar-refractivity contribution in [2.75, 3.05) is 22.2 Å². The summed E-state index contributed by atoms with van der Waals surface area (Å²) in [6, 6.07) is 12.3. The molecule has 0 amide bonds. The lowest BCUT2D eigenvalue weighted by Gasteiger charge is -2.16. The lowest BCUT2D eigenvalue weighted by atomic mass is 10.1. The zero-order valence-corrected chi connectivity index (χ0v) is 13.2. The number of hydrogen-bond acceptors (Lipinski definition) is 5. The molecule has 0 atom stereocenters. The Morgan fingerprint density at radius 3 is 2.73 bits per heavy atom. The van der Waals surface area contributed by atoms with Gasteiger partial charge in [-0.3, -0.25) is 8.61 Å². The fraction of sp³-hybridized carbons (Fsp3) is 0.294. The molecule has 0 N–H and O–H groups in total. The van der Waals surface area contributed by atoms with Crippen LogP contribution >= 0.6 is 12.1 Å². The standard InChI is InChI=1S/C17H16N4S/c1-20-17-8-13(14-4-6-15(9-18)19-10-14)5-7-16(17)21(22-20)11-12-2-3-12/h4-8,10,12H,2-3,11H2,1H3. The predicted molar refractivity (Wildman–Crippen MR) is 90.5 cm³/mol. The van der Waals surface area contributed by atoms with Gasteiger partial charge >= 0.3 is 0 Å². The first-order chi connectivity index (χ1) is 10.7. The number of nitriles is 1. The molecule has 2 aromatic rings. The van der Waals surface area contributed by atoms with E-state index < -0.39 is 0 Å². The average Bonchev–Trinajstić information content (AvgIpc) is 3.32. The number of fused-ring (bicyclic) bond motifs is 1. The van der Waals surface area contributed by atoms with Crippen molar-refractivity contribution in [3.63, 3.8) is 0 Å². The van der Waals surface area contributed by atoms with Crippen LogP contribution < -0.4 is 8.61 Å². The van der Waals surface area contributed by atoms with Gasteiger partial charge in [0.2, 0.25) is 0 Å². The van der Waals surface area contributed by atoms with Crippen LogP contribution in [0.15, 0.2) is 36.5 Å². The summed E-state index contributed by atoms with van der Waals surface area (Å²) in [5, 5.41) is 8.84. The van der Waals surface area contributed by atoms with E-state index in [1.165, 1.54) is 24.2 Å². The first kappa shape index (κ1) is 13.5. The lowest BCUT2D eigenvalue weighted by Crippen LogP contribution is -2.16. The molecule has 2 aliphatic rings. The van der Waals surface area contributed by atoms with Gasteiger partial charge in [-0.15, -0.1) is 0 Å². The van der Waals surface area contributed by atoms with Crippen LogP contribution in [0.4, 0.5) is 11.4 Å². The summed E-state index contributed by atoms with van der Waals surface area (Å²) in [4.78, 5) is 4.16. The highest BCUT2D eigenvalue weighted by molar-refractivity contribution is 8.02. The van der Waals surface area contributed by atoms with Gasteiger partial charge in [0.25, 0.3) is 0 Å². The van der Waals surface area contributed by atoms with Crippen LogP contribution in [-0.2, 0) is 0 Å². The molecule has 110 valence electrons. The third kappa shape index (κ3) is 2.40. The van der Waals surface area contributed by atoms with E-state index in [4.69, 9.17) is 5.26 Å². The van der Waals surface area contributed by atoms with Gasteiger partial charge in [0.05, 0.1) is 23.5 Å². The largest absolute Gasteiger partial charge is 0.300 e. The molecular weight excluding hydrogens is 292 g/mol. The quantitative estimate of drug-likeness (QED) is 0.806. The second-order valence-corrected chi connectivity index (χ2v) is 6.98. The molecule has 5 heteroatoms. The van der Waals surface area contributed by atoms with E-state index in [0.717, 1.165) is 23.6 Å². The number of anilines is 2. The van der Waals surface area contributed by atoms with Gasteiger partial charge < -0.3 is 0 Å². The van der Waals surface area contributed by atoms with Gasteiger partial charge in [0.15, 0.2) is 0 Å². The molecule has 22 heavy (non-hydrogen) atoms. The summed E-state index contributed by atoms with van der Waals surface area (Å²) in [5.41, 5.74) is 5.17. The van der Waals surface area contributed by atoms with Crippen molar-refractivity contribution in [1.82, 2.24) is 4.98 Å². The molecule has 4 rings (SSSR count). The molecule has 0 saturated heterocycles. The van der Waals surface area contributed by atoms with Crippen molar-refractivity contribution in [1.29, 1.82) is 5.26 Å². The average molecular weight is 308 g/mol. The number of pyridine rings is 1. The molecule has 1 aliphatic carbocycles. The van der Waals surface area contributed by atoms with E-state index in [1.807, 2.05) is 6.07 Å². The van der Waals surface area contributed by atoms with Crippen LogP contribution in [0.5, 0.6) is 0 Å². The summed E-state index contributed by atoms with van der Waals surface area (Å²) in [7, 11) is 2.11. The Labute approximate surface area is 134 Å². The molecule has 1 aromatic carbocycles. The molecule has 1 saturated carbocycles. The van der Waals surface area contributed by atoms with Crippen LogP contribution in [-0.4, -0.2) is 18.6 Å². The molecule has 1 aliphatic heterocycles. The summed E-state index contributed by atoms with van der Waals surface area (Å²) in [6.07, 6.45) is 4.50. The van der Waals surface area contributed by atoms with E-state index in [9.17, 15) is 0 Å². The van der Waals surface area contributed by atoms with Gasteiger partial charge in [-0.2, -0.15) is 5.26 Å². The number of hydrogen-bond donors (Lipinski definition) is 0. The van der Waals surface area contributed by atoms with Gasteiger partial charge in [-0.05, 0) is 48.6 Å². The van der Waals surface area contributed by atoms with Gasteiger partial charge in [0.1, 0.15) is 11.8 Å². The molecule has 0 bridgehead atoms. The Hall–Kier alpha value is -2.19. The van der Waals surface area contributed by atoms with E-state index in [1.54, 1.807) is 24.4 Å². The molecule has 0 radical (unpaired) electrons. The van der Waals surface area contributed by atoms with Gasteiger partial charge in [-0.1, -0.05) is 6.07 Å². The molecule has 4 nitrogen and oxygen atoms in total. The van der Waals surface area contributed by atoms with E-state index in [0.29, 0.717) is 5.69 Å². The third-order valence-electron chi connectivity index (χ3n) is 4.14. The van der Waals surface area contributed by atoms with Crippen molar-refractivity contribution < 1.29 is 0 Å². The van der Waals surface area contributed by atoms with Crippen LogP contribution in [0.1, 0.15) is 18.5 Å². The smallest absolute Gasteiger partial charge is 0.140 e. The highest BCUT2D eigenvalue weighted by Gasteiger charge is 2.31. The van der Waals surface area contributed by atoms with E-state index in [-0.39, 0.29) is 0 Å². The first-order valence-electron chi connectivity index (χ1n) is 7.44. The second kappa shape index (κ2) is 5.22. The minimum Gasteiger partial charge on any atom is -0.300 e. The second-order valence-electron chi connectivity index (χ2n) is 5.83. The highest BCUT2D eigenvalue weighted by atomic mass is 32.2. The van der Waals surface area contributed by atoms with E-state index >= 15 is 0 Å². The first-order valence-corrected chi connectivity index (χ1v) is 8.17. The lowest BCUT2D eigenvalue weighted by molar-refractivity contribution is 0.852. The number of nitrogens with zero attached hydrogens (tertiary/aromatic N) is 4. The van der Waals surface area contributed by atoms with Crippen LogP contribution in [0.2, 0.25) is 0 Å². The van der Waals surface area contributed by atoms with Crippen molar-refractivity contribution in [3.8, 4) is 17.2 Å². The predicted octanol–water partition coefficient (Wildman–Crippen LogP) is 3.85. The number of aromatic nitrogens is 1. The van der Waals surface area contributed by atoms with E-state index in [2.05, 4.69) is 44.9 Å². The topological polar surface area (TPSA) is 43.2 Å². The summed E-state index contributed by atoms with van der Waals surface area (Å²) >= 11 is 1.78. The maximum Gasteiger partial charge on any atom is 0.140 e. The minimum absolute atomic E-state index is 0.452. The Morgan fingerprint density at radius 1 is 1.23 bits per heavy atom. The monoisotopic (exact) mass is 308 g/mol. The Kier molecular flexibility index (Phi) is 3.20. The molecule has 1 fully saturated rings. The Morgan fingerprint density at radius 2 is 2.05 bits per heavy atom. The van der Waals surface area contributed by atoms with Gasteiger partial charge in [0, 0.05) is 25.4 Å². The molecule has 0 spiro atoms. The molecule has 0 unspecified atom stereocenters. The third-order valence-corrected chi connectivity index (χ3v) is 5.12. The fourth-order valence-corrected chi connectivity index (χ4v) is 3.75. The summed E-state index contributed by atoms with van der Waals surface area (Å²) in [5.74, 6) is 0.870. The summed E-state index contributed by atoms with van der Waals surface area (Å²) in [6.45, 7) is 1.14. The van der Waals surface area contributed by atoms with Crippen molar-refractivity contribution in [2.45, 2.75) is 12.8 Å². The fourth-order valence-electron chi connectivity index (χ4n) is 2.70. The number of benzene rings is 1. The van der Waals surface area contributed by atoms with Crippen molar-refractivity contribution in [3.05, 3.63) is 42.2 Å². The Bertz CT molecular complexity index is 746. The maximum absolute atomic E-state index is 8.84. The molecule has 2 heterocycles. The molecule has 1 aromatic heterocycles. The highest BCUT2D eigenvalue weighted by Crippen LogP contribution is 2.47. The van der Waals surface area contributed by atoms with Gasteiger partial charge in [-0.25, -0.2) is 4.98 Å².